The predicted molar refractivity (Wildman–Crippen MR) is 192 cm³/mol. The number of pyridine rings is 3. The molecule has 0 bridgehead atoms. The molecule has 10 heteroatoms. The fraction of sp³-hybridized carbons (Fsp3) is 0.350. The average Bonchev–Trinajstić information content (AvgIpc) is 3.18. The SMILES string of the molecule is O=C(Cc1ccc(Oc2ccnc3cc(OCCCN4CCOCC4)c(CO)cc23)cn1)c1cc(N2CCC(c3ccccc3)CC2)ccn1. The van der Waals surface area contributed by atoms with E-state index in [0.717, 1.165) is 76.3 Å². The summed E-state index contributed by atoms with van der Waals surface area (Å²) in [7, 11) is 0. The Morgan fingerprint density at radius 3 is 2.48 bits per heavy atom. The number of piperidine rings is 1. The molecule has 0 radical (unpaired) electrons. The van der Waals surface area contributed by atoms with Gasteiger partial charge in [0.1, 0.15) is 22.9 Å². The monoisotopic (exact) mass is 673 g/mol. The molecule has 0 spiro atoms. The number of aliphatic hydroxyl groups excluding tert-OH is 1. The van der Waals surface area contributed by atoms with E-state index in [1.807, 2.05) is 30.3 Å². The number of carbonyl (C=O) groups excluding carboxylic acids is 1. The lowest BCUT2D eigenvalue weighted by atomic mass is 9.89. The quantitative estimate of drug-likeness (QED) is 0.114. The van der Waals surface area contributed by atoms with Gasteiger partial charge >= 0.3 is 0 Å². The second kappa shape index (κ2) is 16.2. The van der Waals surface area contributed by atoms with Crippen LogP contribution in [0.15, 0.2) is 91.4 Å². The van der Waals surface area contributed by atoms with E-state index < -0.39 is 0 Å². The zero-order valence-electron chi connectivity index (χ0n) is 28.2. The molecule has 2 aliphatic rings. The minimum absolute atomic E-state index is 0.0806. The normalized spacial score (nSPS) is 15.7. The lowest BCUT2D eigenvalue weighted by molar-refractivity contribution is 0.0357. The second-order valence-electron chi connectivity index (χ2n) is 12.9. The Bertz CT molecular complexity index is 1870. The molecular weight excluding hydrogens is 630 g/mol. The zero-order chi connectivity index (χ0) is 34.1. The Hall–Kier alpha value is -4.90. The molecule has 0 saturated carbocycles. The number of Topliss-reactive ketones (excluding diaryl/α,β-unsaturated/α-hetero) is 1. The maximum Gasteiger partial charge on any atom is 0.187 e. The first-order valence-electron chi connectivity index (χ1n) is 17.5. The summed E-state index contributed by atoms with van der Waals surface area (Å²) >= 11 is 0. The van der Waals surface area contributed by atoms with Gasteiger partial charge in [-0.1, -0.05) is 30.3 Å². The van der Waals surface area contributed by atoms with Gasteiger partial charge < -0.3 is 24.2 Å². The molecule has 10 nitrogen and oxygen atoms in total. The van der Waals surface area contributed by atoms with Gasteiger partial charge in [-0.3, -0.25) is 24.6 Å². The van der Waals surface area contributed by atoms with Crippen LogP contribution >= 0.6 is 0 Å². The van der Waals surface area contributed by atoms with Crippen LogP contribution in [0.25, 0.3) is 10.9 Å². The summed E-state index contributed by atoms with van der Waals surface area (Å²) < 4.78 is 17.7. The smallest absolute Gasteiger partial charge is 0.187 e. The minimum atomic E-state index is -0.169. The highest BCUT2D eigenvalue weighted by Crippen LogP contribution is 2.34. The largest absolute Gasteiger partial charge is 0.493 e. The van der Waals surface area contributed by atoms with Gasteiger partial charge in [-0.2, -0.15) is 0 Å². The van der Waals surface area contributed by atoms with E-state index in [0.29, 0.717) is 52.2 Å². The van der Waals surface area contributed by atoms with Crippen LogP contribution in [-0.4, -0.2) is 83.3 Å². The van der Waals surface area contributed by atoms with Gasteiger partial charge in [0.2, 0.25) is 0 Å². The van der Waals surface area contributed by atoms with Crippen LogP contribution in [0.5, 0.6) is 17.2 Å². The molecule has 2 aromatic carbocycles. The van der Waals surface area contributed by atoms with Gasteiger partial charge in [0.25, 0.3) is 0 Å². The number of fused-ring (bicyclic) bond motifs is 1. The molecular formula is C40H43N5O5. The number of ether oxygens (including phenoxy) is 3. The van der Waals surface area contributed by atoms with Crippen molar-refractivity contribution in [3.63, 3.8) is 0 Å². The molecule has 2 saturated heterocycles. The van der Waals surface area contributed by atoms with E-state index in [-0.39, 0.29) is 18.8 Å². The highest BCUT2D eigenvalue weighted by atomic mass is 16.5. The Balaban J connectivity index is 0.951. The highest BCUT2D eigenvalue weighted by Gasteiger charge is 2.22. The van der Waals surface area contributed by atoms with Crippen molar-refractivity contribution in [1.82, 2.24) is 19.9 Å². The third-order valence-corrected chi connectivity index (χ3v) is 9.56. The first kappa shape index (κ1) is 33.6. The van der Waals surface area contributed by atoms with Crippen LogP contribution in [0.1, 0.15) is 52.5 Å². The standard InChI is InChI=1S/C40H43N5O5/c46-28-31-23-35-36(26-40(31)49-20-4-15-44-18-21-48-22-19-44)41-14-10-39(35)50-34-8-7-32(43-27-34)24-38(47)37-25-33(9-13-42-37)45-16-11-30(12-17-45)29-5-2-1-3-6-29/h1-3,5-10,13-14,23,25-27,30,46H,4,11-12,15-22,24,28H2. The molecule has 5 heterocycles. The van der Waals surface area contributed by atoms with E-state index in [2.05, 4.69) is 55.1 Å². The molecule has 50 heavy (non-hydrogen) atoms. The Kier molecular flexibility index (Phi) is 10.9. The summed E-state index contributed by atoms with van der Waals surface area (Å²) in [5.41, 5.74) is 4.88. The van der Waals surface area contributed by atoms with Crippen LogP contribution in [0.2, 0.25) is 0 Å². The summed E-state index contributed by atoms with van der Waals surface area (Å²) in [5, 5.41) is 10.9. The van der Waals surface area contributed by atoms with E-state index >= 15 is 0 Å². The topological polar surface area (TPSA) is 110 Å². The minimum Gasteiger partial charge on any atom is -0.493 e. The zero-order valence-corrected chi connectivity index (χ0v) is 28.2. The summed E-state index contributed by atoms with van der Waals surface area (Å²) in [4.78, 5) is 31.4. The van der Waals surface area contributed by atoms with E-state index in [4.69, 9.17) is 14.2 Å². The van der Waals surface area contributed by atoms with Gasteiger partial charge in [-0.25, -0.2) is 0 Å². The molecule has 0 aliphatic carbocycles. The fourth-order valence-corrected chi connectivity index (χ4v) is 6.76. The number of carbonyl (C=O) groups is 1. The van der Waals surface area contributed by atoms with Gasteiger partial charge in [-0.05, 0) is 67.1 Å². The number of morpholine rings is 1. The molecule has 0 unspecified atom stereocenters. The van der Waals surface area contributed by atoms with Gasteiger partial charge in [-0.15, -0.1) is 0 Å². The lowest BCUT2D eigenvalue weighted by Crippen LogP contribution is -2.37. The van der Waals surface area contributed by atoms with E-state index in [1.165, 1.54) is 5.56 Å². The van der Waals surface area contributed by atoms with E-state index in [1.54, 1.807) is 30.7 Å². The number of ketones is 1. The van der Waals surface area contributed by atoms with Gasteiger partial charge in [0.15, 0.2) is 5.78 Å². The second-order valence-corrected chi connectivity index (χ2v) is 12.9. The number of aromatic nitrogens is 3. The predicted octanol–water partition coefficient (Wildman–Crippen LogP) is 6.22. The number of rotatable bonds is 13. The first-order valence-corrected chi connectivity index (χ1v) is 17.5. The molecule has 5 aromatic rings. The van der Waals surface area contributed by atoms with Crippen molar-refractivity contribution in [3.05, 3.63) is 114 Å². The van der Waals surface area contributed by atoms with Crippen LogP contribution < -0.4 is 14.4 Å². The number of aliphatic hydroxyl groups is 1. The molecule has 258 valence electrons. The molecule has 1 N–H and O–H groups in total. The molecule has 0 atom stereocenters. The van der Waals surface area contributed by atoms with Crippen LogP contribution in [-0.2, 0) is 17.8 Å². The number of benzene rings is 2. The number of anilines is 1. The Morgan fingerprint density at radius 2 is 1.70 bits per heavy atom. The summed E-state index contributed by atoms with van der Waals surface area (Å²) in [6.45, 7) is 6.66. The summed E-state index contributed by atoms with van der Waals surface area (Å²) in [6, 6.07) is 23.7. The number of hydrogen-bond donors (Lipinski definition) is 1. The van der Waals surface area contributed by atoms with Gasteiger partial charge in [0.05, 0.1) is 44.6 Å². The fourth-order valence-electron chi connectivity index (χ4n) is 6.76. The third kappa shape index (κ3) is 8.27. The van der Waals surface area contributed by atoms with Crippen molar-refractivity contribution in [2.45, 2.75) is 38.2 Å². The summed E-state index contributed by atoms with van der Waals surface area (Å²) in [6.07, 6.45) is 8.21. The Labute approximate surface area is 292 Å². The van der Waals surface area contributed by atoms with Crippen molar-refractivity contribution in [2.24, 2.45) is 0 Å². The molecule has 2 fully saturated rings. The van der Waals surface area contributed by atoms with Crippen molar-refractivity contribution in [3.8, 4) is 17.2 Å². The lowest BCUT2D eigenvalue weighted by Gasteiger charge is -2.34. The van der Waals surface area contributed by atoms with Crippen molar-refractivity contribution >= 4 is 22.4 Å². The average molecular weight is 674 g/mol. The number of nitrogens with zero attached hydrogens (tertiary/aromatic N) is 5. The molecule has 0 amide bonds. The highest BCUT2D eigenvalue weighted by molar-refractivity contribution is 5.96. The van der Waals surface area contributed by atoms with E-state index in [9.17, 15) is 9.90 Å². The van der Waals surface area contributed by atoms with Crippen molar-refractivity contribution in [1.29, 1.82) is 0 Å². The summed E-state index contributed by atoms with van der Waals surface area (Å²) in [5.74, 6) is 2.22. The molecule has 7 rings (SSSR count). The molecule has 3 aromatic heterocycles. The van der Waals surface area contributed by atoms with Crippen LogP contribution in [0, 0.1) is 0 Å². The van der Waals surface area contributed by atoms with Crippen LogP contribution in [0.3, 0.4) is 0 Å². The van der Waals surface area contributed by atoms with Crippen molar-refractivity contribution < 1.29 is 24.1 Å². The molecule has 2 aliphatic heterocycles. The van der Waals surface area contributed by atoms with Gasteiger partial charge in [0, 0.05) is 73.5 Å². The maximum absolute atomic E-state index is 13.3. The number of hydrogen-bond acceptors (Lipinski definition) is 10. The third-order valence-electron chi connectivity index (χ3n) is 9.56. The van der Waals surface area contributed by atoms with Crippen LogP contribution in [0.4, 0.5) is 5.69 Å². The first-order chi connectivity index (χ1) is 24.6. The Morgan fingerprint density at radius 1 is 0.880 bits per heavy atom. The van der Waals surface area contributed by atoms with Crippen molar-refractivity contribution in [2.75, 3.05) is 57.4 Å². The maximum atomic E-state index is 13.3.